The average molecular weight is 336 g/mol. The minimum Gasteiger partial charge on any atom is -0.369 e. The van der Waals surface area contributed by atoms with Crippen LogP contribution in [0.15, 0.2) is 24.3 Å². The maximum absolute atomic E-state index is 12.5. The lowest BCUT2D eigenvalue weighted by Gasteiger charge is -2.38. The number of hydrogen-bond donors (Lipinski definition) is 0. The van der Waals surface area contributed by atoms with Crippen molar-refractivity contribution in [2.24, 2.45) is 0 Å². The summed E-state index contributed by atoms with van der Waals surface area (Å²) in [5.74, 6) is 0.299. The standard InChI is InChI=1S/C18H26ClN3O/c1-15-5-2-3-8-22(15)18(23)14-20-9-11-21(12-10-20)17-7-4-6-16(19)13-17/h4,6-7,13,15H,2-3,5,8-12,14H2,1H3. The van der Waals surface area contributed by atoms with Crippen molar-refractivity contribution in [2.45, 2.75) is 32.2 Å². The van der Waals surface area contributed by atoms with Gasteiger partial charge in [-0.2, -0.15) is 0 Å². The highest BCUT2D eigenvalue weighted by molar-refractivity contribution is 6.30. The molecule has 2 heterocycles. The molecule has 2 aliphatic heterocycles. The second-order valence-electron chi connectivity index (χ2n) is 6.68. The predicted octanol–water partition coefficient (Wildman–Crippen LogP) is 2.86. The molecule has 23 heavy (non-hydrogen) atoms. The Labute approximate surface area is 144 Å². The van der Waals surface area contributed by atoms with Crippen LogP contribution in [0.3, 0.4) is 0 Å². The van der Waals surface area contributed by atoms with E-state index in [0.717, 1.165) is 50.6 Å². The minimum absolute atomic E-state index is 0.299. The molecule has 1 amide bonds. The van der Waals surface area contributed by atoms with E-state index in [2.05, 4.69) is 27.7 Å². The monoisotopic (exact) mass is 335 g/mol. The first-order chi connectivity index (χ1) is 11.1. The number of anilines is 1. The Balaban J connectivity index is 1.50. The van der Waals surface area contributed by atoms with Crippen molar-refractivity contribution < 1.29 is 4.79 Å². The van der Waals surface area contributed by atoms with Crippen molar-refractivity contribution in [3.8, 4) is 0 Å². The maximum atomic E-state index is 12.5. The Morgan fingerprint density at radius 1 is 1.17 bits per heavy atom. The number of likely N-dealkylation sites (tertiary alicyclic amines) is 1. The third kappa shape index (κ3) is 4.18. The predicted molar refractivity (Wildman–Crippen MR) is 95.1 cm³/mol. The van der Waals surface area contributed by atoms with Gasteiger partial charge < -0.3 is 9.80 Å². The maximum Gasteiger partial charge on any atom is 0.236 e. The second-order valence-corrected chi connectivity index (χ2v) is 7.11. The Hall–Kier alpha value is -1.26. The fourth-order valence-corrected chi connectivity index (χ4v) is 3.77. The van der Waals surface area contributed by atoms with E-state index in [1.54, 1.807) is 0 Å². The van der Waals surface area contributed by atoms with E-state index in [-0.39, 0.29) is 0 Å². The van der Waals surface area contributed by atoms with E-state index >= 15 is 0 Å². The van der Waals surface area contributed by atoms with Crippen molar-refractivity contribution in [1.82, 2.24) is 9.80 Å². The first-order valence-electron chi connectivity index (χ1n) is 8.66. The van der Waals surface area contributed by atoms with Gasteiger partial charge in [0.1, 0.15) is 0 Å². The number of carbonyl (C=O) groups excluding carboxylic acids is 1. The van der Waals surface area contributed by atoms with Crippen LogP contribution in [0, 0.1) is 0 Å². The summed E-state index contributed by atoms with van der Waals surface area (Å²) >= 11 is 6.07. The SMILES string of the molecule is CC1CCCCN1C(=O)CN1CCN(c2cccc(Cl)c2)CC1. The highest BCUT2D eigenvalue weighted by Crippen LogP contribution is 2.21. The zero-order valence-corrected chi connectivity index (χ0v) is 14.6. The lowest BCUT2D eigenvalue weighted by molar-refractivity contribution is -0.135. The lowest BCUT2D eigenvalue weighted by atomic mass is 10.0. The molecule has 0 radical (unpaired) electrons. The van der Waals surface area contributed by atoms with Crippen LogP contribution in [0.2, 0.25) is 5.02 Å². The molecule has 1 atom stereocenters. The summed E-state index contributed by atoms with van der Waals surface area (Å²) < 4.78 is 0. The van der Waals surface area contributed by atoms with E-state index in [1.807, 2.05) is 18.2 Å². The quantitative estimate of drug-likeness (QED) is 0.850. The Bertz CT molecular complexity index is 543. The van der Waals surface area contributed by atoms with Crippen LogP contribution >= 0.6 is 11.6 Å². The summed E-state index contributed by atoms with van der Waals surface area (Å²) in [4.78, 5) is 19.2. The van der Waals surface area contributed by atoms with Crippen molar-refractivity contribution in [3.05, 3.63) is 29.3 Å². The second kappa shape index (κ2) is 7.54. The van der Waals surface area contributed by atoms with E-state index in [0.29, 0.717) is 18.5 Å². The van der Waals surface area contributed by atoms with E-state index in [9.17, 15) is 4.79 Å². The third-order valence-corrected chi connectivity index (χ3v) is 5.26. The molecule has 1 aromatic rings. The summed E-state index contributed by atoms with van der Waals surface area (Å²) in [7, 11) is 0. The summed E-state index contributed by atoms with van der Waals surface area (Å²) in [5, 5.41) is 0.777. The van der Waals surface area contributed by atoms with E-state index < -0.39 is 0 Å². The van der Waals surface area contributed by atoms with Gasteiger partial charge >= 0.3 is 0 Å². The smallest absolute Gasteiger partial charge is 0.236 e. The first-order valence-corrected chi connectivity index (χ1v) is 9.03. The van der Waals surface area contributed by atoms with Gasteiger partial charge in [0, 0.05) is 49.5 Å². The highest BCUT2D eigenvalue weighted by Gasteiger charge is 2.26. The van der Waals surface area contributed by atoms with Crippen LogP contribution in [0.1, 0.15) is 26.2 Å². The molecule has 4 nitrogen and oxygen atoms in total. The van der Waals surface area contributed by atoms with Crippen molar-refractivity contribution in [3.63, 3.8) is 0 Å². The number of piperazine rings is 1. The lowest BCUT2D eigenvalue weighted by Crippen LogP contribution is -2.52. The molecule has 0 N–H and O–H groups in total. The zero-order valence-electron chi connectivity index (χ0n) is 13.9. The zero-order chi connectivity index (χ0) is 16.2. The van der Waals surface area contributed by atoms with Gasteiger partial charge in [0.05, 0.1) is 6.54 Å². The number of amides is 1. The number of carbonyl (C=O) groups is 1. The Morgan fingerprint density at radius 2 is 1.96 bits per heavy atom. The number of rotatable bonds is 3. The summed E-state index contributed by atoms with van der Waals surface area (Å²) in [6.45, 7) is 7.43. The summed E-state index contributed by atoms with van der Waals surface area (Å²) in [5.41, 5.74) is 1.17. The van der Waals surface area contributed by atoms with Gasteiger partial charge in [-0.1, -0.05) is 17.7 Å². The molecule has 2 fully saturated rings. The molecular weight excluding hydrogens is 310 g/mol. The summed E-state index contributed by atoms with van der Waals surface area (Å²) in [6, 6.07) is 8.41. The molecule has 5 heteroatoms. The fourth-order valence-electron chi connectivity index (χ4n) is 3.59. The van der Waals surface area contributed by atoms with E-state index in [4.69, 9.17) is 11.6 Å². The number of nitrogens with zero attached hydrogens (tertiary/aromatic N) is 3. The molecule has 126 valence electrons. The first kappa shape index (κ1) is 16.6. The molecular formula is C18H26ClN3O. The van der Waals surface area contributed by atoms with Crippen molar-refractivity contribution in [1.29, 1.82) is 0 Å². The largest absolute Gasteiger partial charge is 0.369 e. The molecule has 3 rings (SSSR count). The highest BCUT2D eigenvalue weighted by atomic mass is 35.5. The fraction of sp³-hybridized carbons (Fsp3) is 0.611. The normalized spacial score (nSPS) is 23.1. The number of piperidine rings is 1. The molecule has 1 unspecified atom stereocenters. The van der Waals surface area contributed by atoms with Crippen LogP contribution in [0.25, 0.3) is 0 Å². The Kier molecular flexibility index (Phi) is 5.44. The molecule has 0 spiro atoms. The minimum atomic E-state index is 0.299. The third-order valence-electron chi connectivity index (χ3n) is 5.03. The van der Waals surface area contributed by atoms with Gasteiger partial charge in [0.15, 0.2) is 0 Å². The Morgan fingerprint density at radius 3 is 2.65 bits per heavy atom. The van der Waals surface area contributed by atoms with Crippen LogP contribution < -0.4 is 4.90 Å². The van der Waals surface area contributed by atoms with Crippen LogP contribution in [0.4, 0.5) is 5.69 Å². The molecule has 0 aliphatic carbocycles. The molecule has 1 aromatic carbocycles. The number of benzene rings is 1. The molecule has 2 aliphatic rings. The van der Waals surface area contributed by atoms with Crippen molar-refractivity contribution >= 4 is 23.2 Å². The van der Waals surface area contributed by atoms with Crippen LogP contribution in [-0.4, -0.2) is 61.0 Å². The van der Waals surface area contributed by atoms with E-state index in [1.165, 1.54) is 12.1 Å². The van der Waals surface area contributed by atoms with Crippen LogP contribution in [0.5, 0.6) is 0 Å². The molecule has 2 saturated heterocycles. The molecule has 0 bridgehead atoms. The van der Waals surface area contributed by atoms with Gasteiger partial charge in [0.25, 0.3) is 0 Å². The van der Waals surface area contributed by atoms with Gasteiger partial charge in [-0.25, -0.2) is 0 Å². The van der Waals surface area contributed by atoms with Gasteiger partial charge in [-0.15, -0.1) is 0 Å². The number of halogens is 1. The summed E-state index contributed by atoms with van der Waals surface area (Å²) in [6.07, 6.45) is 3.55. The average Bonchev–Trinajstić information content (AvgIpc) is 2.56. The van der Waals surface area contributed by atoms with Crippen LogP contribution in [-0.2, 0) is 4.79 Å². The van der Waals surface area contributed by atoms with Crippen molar-refractivity contribution in [2.75, 3.05) is 44.2 Å². The number of hydrogen-bond acceptors (Lipinski definition) is 3. The molecule has 0 saturated carbocycles. The van der Waals surface area contributed by atoms with Gasteiger partial charge in [-0.05, 0) is 44.4 Å². The van der Waals surface area contributed by atoms with Gasteiger partial charge in [-0.3, -0.25) is 9.69 Å². The topological polar surface area (TPSA) is 26.8 Å². The van der Waals surface area contributed by atoms with Gasteiger partial charge in [0.2, 0.25) is 5.91 Å². The molecule has 0 aromatic heterocycles.